The van der Waals surface area contributed by atoms with Crippen LogP contribution >= 0.6 is 0 Å². The molecular weight excluding hydrogens is 210 g/mol. The van der Waals surface area contributed by atoms with Crippen LogP contribution in [0.15, 0.2) is 18.2 Å². The zero-order valence-electron chi connectivity index (χ0n) is 10.3. The second-order valence-electron chi connectivity index (χ2n) is 5.34. The molecule has 2 aliphatic rings. The van der Waals surface area contributed by atoms with Crippen molar-refractivity contribution in [3.8, 4) is 5.75 Å². The molecule has 1 aliphatic carbocycles. The molecule has 1 aromatic rings. The first kappa shape index (κ1) is 11.1. The van der Waals surface area contributed by atoms with Crippen LogP contribution in [0.1, 0.15) is 49.1 Å². The third-order valence-electron chi connectivity index (χ3n) is 4.18. The Bertz CT molecular complexity index is 402. The maximum absolute atomic E-state index is 6.29. The lowest BCUT2D eigenvalue weighted by molar-refractivity contribution is 0.277. The van der Waals surface area contributed by atoms with Crippen molar-refractivity contribution in [1.29, 1.82) is 0 Å². The van der Waals surface area contributed by atoms with Crippen LogP contribution in [-0.4, -0.2) is 12.6 Å². The average Bonchev–Trinajstić information content (AvgIpc) is 2.39. The molecule has 1 aliphatic heterocycles. The normalized spacial score (nSPS) is 28.3. The van der Waals surface area contributed by atoms with Crippen molar-refractivity contribution in [2.45, 2.75) is 50.5 Å². The van der Waals surface area contributed by atoms with Crippen LogP contribution < -0.4 is 10.5 Å². The van der Waals surface area contributed by atoms with Crippen molar-refractivity contribution in [1.82, 2.24) is 0 Å². The van der Waals surface area contributed by atoms with Gasteiger partial charge in [-0.25, -0.2) is 0 Å². The van der Waals surface area contributed by atoms with Gasteiger partial charge in [0.2, 0.25) is 0 Å². The van der Waals surface area contributed by atoms with Crippen LogP contribution in [-0.2, 0) is 6.42 Å². The first-order chi connectivity index (χ1) is 8.36. The SMILES string of the molecule is NC1CCCCC1c1cccc2c1OCCC2. The Labute approximate surface area is 103 Å². The van der Waals surface area contributed by atoms with Gasteiger partial charge in [0.05, 0.1) is 6.61 Å². The minimum Gasteiger partial charge on any atom is -0.493 e. The summed E-state index contributed by atoms with van der Waals surface area (Å²) in [4.78, 5) is 0. The van der Waals surface area contributed by atoms with E-state index in [1.54, 1.807) is 0 Å². The lowest BCUT2D eigenvalue weighted by atomic mass is 9.79. The fourth-order valence-electron chi connectivity index (χ4n) is 3.25. The van der Waals surface area contributed by atoms with Crippen molar-refractivity contribution < 1.29 is 4.74 Å². The first-order valence-corrected chi connectivity index (χ1v) is 6.86. The standard InChI is InChI=1S/C15H21NO/c16-14-9-2-1-7-12(14)13-8-3-5-11-6-4-10-17-15(11)13/h3,5,8,12,14H,1-2,4,6-7,9-10,16H2. The van der Waals surface area contributed by atoms with Crippen LogP contribution in [0.3, 0.4) is 0 Å². The summed E-state index contributed by atoms with van der Waals surface area (Å²) in [5.74, 6) is 1.66. The van der Waals surface area contributed by atoms with Gasteiger partial charge in [-0.2, -0.15) is 0 Å². The zero-order chi connectivity index (χ0) is 11.7. The summed E-state index contributed by atoms with van der Waals surface area (Å²) in [5, 5.41) is 0. The Morgan fingerprint density at radius 1 is 1.12 bits per heavy atom. The minimum absolute atomic E-state index is 0.320. The van der Waals surface area contributed by atoms with Crippen molar-refractivity contribution in [2.24, 2.45) is 5.73 Å². The summed E-state index contributed by atoms with van der Waals surface area (Å²) in [6, 6.07) is 6.91. The number of ether oxygens (including phenoxy) is 1. The fourth-order valence-corrected chi connectivity index (χ4v) is 3.25. The highest BCUT2D eigenvalue weighted by molar-refractivity contribution is 5.45. The predicted octanol–water partition coefficient (Wildman–Crippen LogP) is 3.00. The molecule has 92 valence electrons. The summed E-state index contributed by atoms with van der Waals surface area (Å²) in [5.41, 5.74) is 9.04. The van der Waals surface area contributed by atoms with Gasteiger partial charge in [-0.15, -0.1) is 0 Å². The Morgan fingerprint density at radius 3 is 2.88 bits per heavy atom. The lowest BCUT2D eigenvalue weighted by Gasteiger charge is -2.32. The average molecular weight is 231 g/mol. The van der Waals surface area contributed by atoms with Crippen LogP contribution in [0.4, 0.5) is 0 Å². The molecular formula is C15H21NO. The van der Waals surface area contributed by atoms with E-state index in [1.165, 1.54) is 30.4 Å². The number of fused-ring (bicyclic) bond motifs is 1. The number of aryl methyl sites for hydroxylation is 1. The van der Waals surface area contributed by atoms with Gasteiger partial charge in [-0.05, 0) is 36.8 Å². The molecule has 0 amide bonds. The molecule has 1 saturated carbocycles. The topological polar surface area (TPSA) is 35.2 Å². The third kappa shape index (κ3) is 2.06. The highest BCUT2D eigenvalue weighted by Gasteiger charge is 2.27. The third-order valence-corrected chi connectivity index (χ3v) is 4.18. The summed E-state index contributed by atoms with van der Waals surface area (Å²) < 4.78 is 5.90. The monoisotopic (exact) mass is 231 g/mol. The van der Waals surface area contributed by atoms with E-state index in [0.29, 0.717) is 12.0 Å². The molecule has 0 bridgehead atoms. The second-order valence-corrected chi connectivity index (χ2v) is 5.34. The number of para-hydroxylation sites is 1. The lowest BCUT2D eigenvalue weighted by Crippen LogP contribution is -2.32. The molecule has 1 aromatic carbocycles. The van der Waals surface area contributed by atoms with Gasteiger partial charge in [0, 0.05) is 12.0 Å². The zero-order valence-corrected chi connectivity index (χ0v) is 10.3. The van der Waals surface area contributed by atoms with Gasteiger partial charge >= 0.3 is 0 Å². The first-order valence-electron chi connectivity index (χ1n) is 6.86. The van der Waals surface area contributed by atoms with Crippen LogP contribution in [0.25, 0.3) is 0 Å². The van der Waals surface area contributed by atoms with Gasteiger partial charge in [0.25, 0.3) is 0 Å². The Balaban J connectivity index is 1.96. The van der Waals surface area contributed by atoms with E-state index in [-0.39, 0.29) is 0 Å². The number of hydrogen-bond acceptors (Lipinski definition) is 2. The Morgan fingerprint density at radius 2 is 2.00 bits per heavy atom. The highest BCUT2D eigenvalue weighted by Crippen LogP contribution is 2.39. The maximum Gasteiger partial charge on any atom is 0.126 e. The molecule has 3 rings (SSSR count). The van der Waals surface area contributed by atoms with Gasteiger partial charge in [-0.3, -0.25) is 0 Å². The number of rotatable bonds is 1. The maximum atomic E-state index is 6.29. The fraction of sp³-hybridized carbons (Fsp3) is 0.600. The van der Waals surface area contributed by atoms with Gasteiger partial charge in [0.1, 0.15) is 5.75 Å². The summed E-state index contributed by atoms with van der Waals surface area (Å²) >= 11 is 0. The number of nitrogens with two attached hydrogens (primary N) is 1. The van der Waals surface area contributed by atoms with Gasteiger partial charge < -0.3 is 10.5 Å². The van der Waals surface area contributed by atoms with E-state index in [9.17, 15) is 0 Å². The number of hydrogen-bond donors (Lipinski definition) is 1. The summed E-state index contributed by atoms with van der Waals surface area (Å²) in [6.45, 7) is 0.867. The molecule has 2 nitrogen and oxygen atoms in total. The predicted molar refractivity (Wildman–Crippen MR) is 69.4 cm³/mol. The summed E-state index contributed by atoms with van der Waals surface area (Å²) in [7, 11) is 0. The molecule has 1 fully saturated rings. The minimum atomic E-state index is 0.320. The van der Waals surface area contributed by atoms with Gasteiger partial charge in [0.15, 0.2) is 0 Å². The number of benzene rings is 1. The van der Waals surface area contributed by atoms with Crippen LogP contribution in [0.2, 0.25) is 0 Å². The molecule has 2 heteroatoms. The second kappa shape index (κ2) is 4.69. The van der Waals surface area contributed by atoms with E-state index in [0.717, 1.165) is 31.6 Å². The molecule has 17 heavy (non-hydrogen) atoms. The van der Waals surface area contributed by atoms with E-state index >= 15 is 0 Å². The molecule has 0 spiro atoms. The molecule has 1 heterocycles. The van der Waals surface area contributed by atoms with Crippen molar-refractivity contribution in [3.05, 3.63) is 29.3 Å². The quantitative estimate of drug-likeness (QED) is 0.806. The van der Waals surface area contributed by atoms with E-state index in [2.05, 4.69) is 18.2 Å². The molecule has 2 atom stereocenters. The molecule has 0 saturated heterocycles. The summed E-state index contributed by atoms with van der Waals surface area (Å²) in [6.07, 6.45) is 7.28. The van der Waals surface area contributed by atoms with Crippen molar-refractivity contribution >= 4 is 0 Å². The van der Waals surface area contributed by atoms with Crippen LogP contribution in [0.5, 0.6) is 5.75 Å². The molecule has 0 aromatic heterocycles. The van der Waals surface area contributed by atoms with E-state index in [1.807, 2.05) is 0 Å². The van der Waals surface area contributed by atoms with Crippen LogP contribution in [0, 0.1) is 0 Å². The smallest absolute Gasteiger partial charge is 0.126 e. The molecule has 2 N–H and O–H groups in total. The van der Waals surface area contributed by atoms with E-state index in [4.69, 9.17) is 10.5 Å². The van der Waals surface area contributed by atoms with Crippen molar-refractivity contribution in [3.63, 3.8) is 0 Å². The Kier molecular flexibility index (Phi) is 3.06. The molecule has 0 radical (unpaired) electrons. The highest BCUT2D eigenvalue weighted by atomic mass is 16.5. The van der Waals surface area contributed by atoms with E-state index < -0.39 is 0 Å². The largest absolute Gasteiger partial charge is 0.493 e. The van der Waals surface area contributed by atoms with Gasteiger partial charge in [-0.1, -0.05) is 31.0 Å². The van der Waals surface area contributed by atoms with Crippen molar-refractivity contribution in [2.75, 3.05) is 6.61 Å². The Hall–Kier alpha value is -1.02. The molecule has 2 unspecified atom stereocenters.